The van der Waals surface area contributed by atoms with Gasteiger partial charge in [0.1, 0.15) is 0 Å². The van der Waals surface area contributed by atoms with Crippen molar-refractivity contribution in [3.8, 4) is 0 Å². The molecule has 1 aliphatic carbocycles. The Bertz CT molecular complexity index is 319. The van der Waals surface area contributed by atoms with Crippen LogP contribution in [0.4, 0.5) is 0 Å². The molecule has 0 aromatic carbocycles. The Morgan fingerprint density at radius 3 is 2.33 bits per heavy atom. The van der Waals surface area contributed by atoms with E-state index in [0.717, 1.165) is 6.54 Å². The summed E-state index contributed by atoms with van der Waals surface area (Å²) in [5, 5.41) is 19.6. The first kappa shape index (κ1) is 13.8. The molecule has 4 heteroatoms. The topological polar surface area (TPSA) is 60.8 Å². The summed E-state index contributed by atoms with van der Waals surface area (Å²) in [4.78, 5) is 13.3. The lowest BCUT2D eigenvalue weighted by Crippen LogP contribution is -2.50. The molecule has 2 N–H and O–H groups in total. The number of aliphatic hydroxyl groups is 1. The monoisotopic (exact) mass is 255 g/mol. The third-order valence-electron chi connectivity index (χ3n) is 4.82. The molecule has 0 radical (unpaired) electrons. The minimum Gasteiger partial charge on any atom is -0.481 e. The summed E-state index contributed by atoms with van der Waals surface area (Å²) in [7, 11) is 0. The second kappa shape index (κ2) is 4.82. The van der Waals surface area contributed by atoms with Crippen molar-refractivity contribution < 1.29 is 15.0 Å². The number of hydrogen-bond acceptors (Lipinski definition) is 3. The smallest absolute Gasteiger partial charge is 0.306 e. The maximum Gasteiger partial charge on any atom is 0.306 e. The van der Waals surface area contributed by atoms with E-state index in [1.807, 2.05) is 0 Å². The van der Waals surface area contributed by atoms with Gasteiger partial charge < -0.3 is 10.2 Å². The van der Waals surface area contributed by atoms with Gasteiger partial charge in [-0.25, -0.2) is 0 Å². The summed E-state index contributed by atoms with van der Waals surface area (Å²) < 4.78 is 0. The number of carboxylic acid groups (broad SMARTS) is 1. The summed E-state index contributed by atoms with van der Waals surface area (Å²) in [5.41, 5.74) is -0.493. The number of hydrogen-bond donors (Lipinski definition) is 2. The van der Waals surface area contributed by atoms with Crippen LogP contribution < -0.4 is 0 Å². The lowest BCUT2D eigenvalue weighted by molar-refractivity contribution is -0.145. The molecule has 0 aromatic rings. The standard InChI is InChI=1S/C14H25NO3/c1-13(2)6-3-9-15(13)10-14(18)7-4-11(5-8-14)12(16)17/h11,18H,3-10H2,1-2H3,(H,16,17). The molecule has 0 bridgehead atoms. The normalized spacial score (nSPS) is 36.7. The molecule has 18 heavy (non-hydrogen) atoms. The maximum atomic E-state index is 10.9. The van der Waals surface area contributed by atoms with Gasteiger partial charge in [-0.15, -0.1) is 0 Å². The van der Waals surface area contributed by atoms with Gasteiger partial charge in [0.2, 0.25) is 0 Å². The van der Waals surface area contributed by atoms with Gasteiger partial charge in [0.05, 0.1) is 11.5 Å². The van der Waals surface area contributed by atoms with E-state index >= 15 is 0 Å². The minimum atomic E-state index is -0.710. The van der Waals surface area contributed by atoms with E-state index in [1.54, 1.807) is 0 Å². The van der Waals surface area contributed by atoms with Crippen LogP contribution in [0.3, 0.4) is 0 Å². The fraction of sp³-hybridized carbons (Fsp3) is 0.929. The highest BCUT2D eigenvalue weighted by molar-refractivity contribution is 5.70. The Hall–Kier alpha value is -0.610. The minimum absolute atomic E-state index is 0.180. The Morgan fingerprint density at radius 1 is 1.28 bits per heavy atom. The van der Waals surface area contributed by atoms with E-state index in [4.69, 9.17) is 5.11 Å². The van der Waals surface area contributed by atoms with Gasteiger partial charge in [0.15, 0.2) is 0 Å². The van der Waals surface area contributed by atoms with Crippen molar-refractivity contribution in [1.82, 2.24) is 4.90 Å². The van der Waals surface area contributed by atoms with Crippen LogP contribution in [0.2, 0.25) is 0 Å². The molecule has 0 atom stereocenters. The first-order valence-electron chi connectivity index (χ1n) is 7.03. The van der Waals surface area contributed by atoms with E-state index < -0.39 is 11.6 Å². The summed E-state index contributed by atoms with van der Waals surface area (Å²) in [5.74, 6) is -0.963. The van der Waals surface area contributed by atoms with Crippen LogP contribution in [0, 0.1) is 5.92 Å². The highest BCUT2D eigenvalue weighted by atomic mass is 16.4. The molecule has 0 aromatic heterocycles. The number of β-amino-alcohol motifs (C(OH)–C–C–N with tert-alkyl or cyclic N) is 1. The SMILES string of the molecule is CC1(C)CCCN1CC1(O)CCC(C(=O)O)CC1. The molecule has 1 saturated carbocycles. The Labute approximate surface area is 109 Å². The quantitative estimate of drug-likeness (QED) is 0.808. The predicted molar refractivity (Wildman–Crippen MR) is 69.4 cm³/mol. The van der Waals surface area contributed by atoms with Gasteiger partial charge in [-0.3, -0.25) is 9.69 Å². The van der Waals surface area contributed by atoms with Crippen molar-refractivity contribution in [2.75, 3.05) is 13.1 Å². The Kier molecular flexibility index (Phi) is 3.70. The number of carbonyl (C=O) groups is 1. The van der Waals surface area contributed by atoms with E-state index in [2.05, 4.69) is 18.7 Å². The van der Waals surface area contributed by atoms with Crippen molar-refractivity contribution in [3.05, 3.63) is 0 Å². The number of carboxylic acids is 1. The van der Waals surface area contributed by atoms with Crippen LogP contribution in [0.25, 0.3) is 0 Å². The average molecular weight is 255 g/mol. The van der Waals surface area contributed by atoms with E-state index in [0.29, 0.717) is 32.2 Å². The van der Waals surface area contributed by atoms with E-state index in [1.165, 1.54) is 12.8 Å². The molecule has 0 amide bonds. The van der Waals surface area contributed by atoms with Crippen LogP contribution in [-0.4, -0.2) is 45.3 Å². The van der Waals surface area contributed by atoms with Crippen molar-refractivity contribution in [3.63, 3.8) is 0 Å². The maximum absolute atomic E-state index is 10.9. The lowest BCUT2D eigenvalue weighted by atomic mass is 9.78. The van der Waals surface area contributed by atoms with Crippen molar-refractivity contribution in [2.24, 2.45) is 5.92 Å². The lowest BCUT2D eigenvalue weighted by Gasteiger charge is -2.41. The van der Waals surface area contributed by atoms with Crippen molar-refractivity contribution in [1.29, 1.82) is 0 Å². The molecule has 1 heterocycles. The number of nitrogens with zero attached hydrogens (tertiary/aromatic N) is 1. The van der Waals surface area contributed by atoms with Gasteiger partial charge in [-0.05, 0) is 58.9 Å². The molecule has 2 aliphatic rings. The molecule has 1 saturated heterocycles. The molecule has 104 valence electrons. The van der Waals surface area contributed by atoms with Gasteiger partial charge in [-0.1, -0.05) is 0 Å². The first-order valence-corrected chi connectivity index (χ1v) is 7.03. The number of rotatable bonds is 3. The van der Waals surface area contributed by atoms with Gasteiger partial charge >= 0.3 is 5.97 Å². The summed E-state index contributed by atoms with van der Waals surface area (Å²) >= 11 is 0. The first-order chi connectivity index (χ1) is 8.32. The van der Waals surface area contributed by atoms with Crippen LogP contribution >= 0.6 is 0 Å². The molecule has 0 spiro atoms. The zero-order chi connectivity index (χ0) is 13.4. The highest BCUT2D eigenvalue weighted by Gasteiger charge is 2.41. The van der Waals surface area contributed by atoms with Crippen LogP contribution in [-0.2, 0) is 4.79 Å². The third-order valence-corrected chi connectivity index (χ3v) is 4.82. The van der Waals surface area contributed by atoms with Crippen molar-refractivity contribution >= 4 is 5.97 Å². The zero-order valence-electron chi connectivity index (χ0n) is 11.5. The molecule has 1 aliphatic heterocycles. The largest absolute Gasteiger partial charge is 0.481 e. The Morgan fingerprint density at radius 2 is 1.89 bits per heavy atom. The Balaban J connectivity index is 1.92. The van der Waals surface area contributed by atoms with Gasteiger partial charge in [0.25, 0.3) is 0 Å². The fourth-order valence-electron chi connectivity index (χ4n) is 3.37. The molecular weight excluding hydrogens is 230 g/mol. The second-order valence-corrected chi connectivity index (χ2v) is 6.67. The average Bonchev–Trinajstić information content (AvgIpc) is 2.58. The van der Waals surface area contributed by atoms with Crippen LogP contribution in [0.5, 0.6) is 0 Å². The zero-order valence-corrected chi connectivity index (χ0v) is 11.5. The molecule has 0 unspecified atom stereocenters. The molecule has 2 rings (SSSR count). The van der Waals surface area contributed by atoms with Crippen molar-refractivity contribution in [2.45, 2.75) is 63.5 Å². The second-order valence-electron chi connectivity index (χ2n) is 6.67. The molecule has 2 fully saturated rings. The van der Waals surface area contributed by atoms with Gasteiger partial charge in [-0.2, -0.15) is 0 Å². The predicted octanol–water partition coefficient (Wildman–Crippen LogP) is 1.87. The summed E-state index contributed by atoms with van der Waals surface area (Å²) in [6, 6.07) is 0. The number of aliphatic carboxylic acids is 1. The fourth-order valence-corrected chi connectivity index (χ4v) is 3.37. The third kappa shape index (κ3) is 2.86. The summed E-state index contributed by atoms with van der Waals surface area (Å²) in [6.45, 7) is 6.21. The highest BCUT2D eigenvalue weighted by Crippen LogP contribution is 2.36. The van der Waals surface area contributed by atoms with E-state index in [9.17, 15) is 9.90 Å². The molecular formula is C14H25NO3. The van der Waals surface area contributed by atoms with Crippen LogP contribution in [0.1, 0.15) is 52.4 Å². The molecule has 4 nitrogen and oxygen atoms in total. The van der Waals surface area contributed by atoms with Crippen LogP contribution in [0.15, 0.2) is 0 Å². The van der Waals surface area contributed by atoms with E-state index in [-0.39, 0.29) is 11.5 Å². The number of likely N-dealkylation sites (tertiary alicyclic amines) is 1. The summed E-state index contributed by atoms with van der Waals surface area (Å²) in [6.07, 6.45) is 4.84. The van der Waals surface area contributed by atoms with Gasteiger partial charge in [0, 0.05) is 12.1 Å².